The number of furan rings is 1. The summed E-state index contributed by atoms with van der Waals surface area (Å²) in [5, 5.41) is 3.93. The average Bonchev–Trinajstić information content (AvgIpc) is 3.47. The second-order valence-electron chi connectivity index (χ2n) is 7.60. The molecule has 2 heterocycles. The quantitative estimate of drug-likeness (QED) is 0.544. The third-order valence-electron chi connectivity index (χ3n) is 5.46. The molecule has 0 bridgehead atoms. The molecule has 162 valence electrons. The minimum atomic E-state index is -0.325. The van der Waals surface area contributed by atoms with Crippen LogP contribution in [0.25, 0.3) is 11.0 Å². The topological polar surface area (TPSA) is 71.8 Å². The van der Waals surface area contributed by atoms with Crippen molar-refractivity contribution in [1.82, 2.24) is 10.2 Å². The molecule has 31 heavy (non-hydrogen) atoms. The van der Waals surface area contributed by atoms with Gasteiger partial charge in [-0.25, -0.2) is 0 Å². The number of carbonyl (C=O) groups excluding carboxylic acids is 2. The molecule has 0 aliphatic carbocycles. The number of fused-ring (bicyclic) bond motifs is 1. The first-order chi connectivity index (χ1) is 15.1. The van der Waals surface area contributed by atoms with Gasteiger partial charge in [0.2, 0.25) is 5.91 Å². The predicted octanol–water partition coefficient (Wildman–Crippen LogP) is 4.65. The number of amides is 2. The van der Waals surface area contributed by atoms with Crippen molar-refractivity contribution in [2.45, 2.75) is 30.7 Å². The zero-order valence-electron chi connectivity index (χ0n) is 17.7. The van der Waals surface area contributed by atoms with E-state index in [1.54, 1.807) is 13.2 Å². The lowest BCUT2D eigenvalue weighted by Gasteiger charge is -2.16. The fourth-order valence-corrected chi connectivity index (χ4v) is 4.71. The summed E-state index contributed by atoms with van der Waals surface area (Å²) < 4.78 is 11.3. The number of ether oxygens (including phenoxy) is 1. The molecular weight excluding hydrogens is 412 g/mol. The van der Waals surface area contributed by atoms with E-state index in [0.717, 1.165) is 36.2 Å². The van der Waals surface area contributed by atoms with Crippen molar-refractivity contribution in [3.63, 3.8) is 0 Å². The Morgan fingerprint density at radius 1 is 1.16 bits per heavy atom. The number of hydrogen-bond acceptors (Lipinski definition) is 5. The monoisotopic (exact) mass is 438 g/mol. The summed E-state index contributed by atoms with van der Waals surface area (Å²) in [6.45, 7) is 3.55. The molecule has 3 aromatic rings. The molecule has 1 N–H and O–H groups in total. The molecule has 1 saturated heterocycles. The number of nitrogens with one attached hydrogen (secondary N) is 1. The Bertz CT molecular complexity index is 1090. The van der Waals surface area contributed by atoms with Gasteiger partial charge in [-0.3, -0.25) is 9.59 Å². The van der Waals surface area contributed by atoms with Crippen molar-refractivity contribution >= 4 is 34.5 Å². The summed E-state index contributed by atoms with van der Waals surface area (Å²) >= 11 is 1.41. The van der Waals surface area contributed by atoms with Crippen LogP contribution in [0.1, 0.15) is 41.9 Å². The smallest absolute Gasteiger partial charge is 0.252 e. The minimum Gasteiger partial charge on any atom is -0.493 e. The van der Waals surface area contributed by atoms with Crippen LogP contribution in [0.3, 0.4) is 0 Å². The minimum absolute atomic E-state index is 0.127. The highest BCUT2D eigenvalue weighted by molar-refractivity contribution is 8.00. The van der Waals surface area contributed by atoms with Crippen LogP contribution in [-0.4, -0.2) is 42.7 Å². The van der Waals surface area contributed by atoms with E-state index in [4.69, 9.17) is 9.15 Å². The first-order valence-corrected chi connectivity index (χ1v) is 11.4. The zero-order chi connectivity index (χ0) is 21.8. The highest BCUT2D eigenvalue weighted by Gasteiger charge is 2.21. The Morgan fingerprint density at radius 2 is 1.94 bits per heavy atom. The summed E-state index contributed by atoms with van der Waals surface area (Å²) in [7, 11) is 1.60. The molecule has 1 fully saturated rings. The van der Waals surface area contributed by atoms with Gasteiger partial charge in [0.15, 0.2) is 11.3 Å². The van der Waals surface area contributed by atoms with E-state index in [1.165, 1.54) is 11.8 Å². The molecule has 0 spiro atoms. The summed E-state index contributed by atoms with van der Waals surface area (Å²) in [5.74, 6) is 1.58. The molecule has 0 radical (unpaired) electrons. The van der Waals surface area contributed by atoms with Gasteiger partial charge in [-0.1, -0.05) is 24.3 Å². The van der Waals surface area contributed by atoms with Crippen molar-refractivity contribution in [3.8, 4) is 5.75 Å². The molecule has 6 nitrogen and oxygen atoms in total. The van der Waals surface area contributed by atoms with Gasteiger partial charge in [-0.2, -0.15) is 0 Å². The SMILES string of the molecule is COc1cccc2cc(C(C)NC(=O)c3ccccc3SCC(=O)N3CCCC3)oc12. The van der Waals surface area contributed by atoms with E-state index in [2.05, 4.69) is 5.32 Å². The van der Waals surface area contributed by atoms with E-state index in [-0.39, 0.29) is 17.9 Å². The summed E-state index contributed by atoms with van der Waals surface area (Å²) in [5.41, 5.74) is 1.22. The normalized spacial score (nSPS) is 14.6. The second-order valence-corrected chi connectivity index (χ2v) is 8.61. The van der Waals surface area contributed by atoms with E-state index >= 15 is 0 Å². The maximum absolute atomic E-state index is 13.0. The van der Waals surface area contributed by atoms with Gasteiger partial charge < -0.3 is 19.4 Å². The van der Waals surface area contributed by atoms with Gasteiger partial charge in [0.1, 0.15) is 5.76 Å². The van der Waals surface area contributed by atoms with Gasteiger partial charge in [0.25, 0.3) is 5.91 Å². The molecule has 1 atom stereocenters. The molecule has 4 rings (SSSR count). The Balaban J connectivity index is 1.45. The van der Waals surface area contributed by atoms with Crippen molar-refractivity contribution in [3.05, 3.63) is 59.9 Å². The molecule has 1 unspecified atom stereocenters. The fourth-order valence-electron chi connectivity index (χ4n) is 3.75. The van der Waals surface area contributed by atoms with Gasteiger partial charge in [-0.15, -0.1) is 11.8 Å². The van der Waals surface area contributed by atoms with Crippen LogP contribution in [0.5, 0.6) is 5.75 Å². The second kappa shape index (κ2) is 9.47. The molecule has 1 aliphatic rings. The maximum Gasteiger partial charge on any atom is 0.252 e. The van der Waals surface area contributed by atoms with Crippen molar-refractivity contribution in [2.75, 3.05) is 26.0 Å². The van der Waals surface area contributed by atoms with Crippen LogP contribution in [0.4, 0.5) is 0 Å². The lowest BCUT2D eigenvalue weighted by Crippen LogP contribution is -2.29. The van der Waals surface area contributed by atoms with Crippen molar-refractivity contribution in [1.29, 1.82) is 0 Å². The Labute approximate surface area is 185 Å². The van der Waals surface area contributed by atoms with Crippen LogP contribution in [-0.2, 0) is 4.79 Å². The first kappa shape index (κ1) is 21.3. The molecule has 1 aromatic heterocycles. The number of benzene rings is 2. The largest absolute Gasteiger partial charge is 0.493 e. The summed E-state index contributed by atoms with van der Waals surface area (Å²) in [6.07, 6.45) is 2.14. The van der Waals surface area contributed by atoms with Gasteiger partial charge in [0.05, 0.1) is 24.5 Å². The molecular formula is C24H26N2O4S. The number of para-hydroxylation sites is 1. The van der Waals surface area contributed by atoms with Crippen LogP contribution < -0.4 is 10.1 Å². The molecule has 2 aromatic carbocycles. The van der Waals surface area contributed by atoms with Crippen LogP contribution >= 0.6 is 11.8 Å². The first-order valence-electron chi connectivity index (χ1n) is 10.4. The Morgan fingerprint density at radius 3 is 2.71 bits per heavy atom. The van der Waals surface area contributed by atoms with Crippen molar-refractivity contribution < 1.29 is 18.7 Å². The highest BCUT2D eigenvalue weighted by Crippen LogP contribution is 2.31. The lowest BCUT2D eigenvalue weighted by atomic mass is 10.1. The van der Waals surface area contributed by atoms with E-state index < -0.39 is 0 Å². The predicted molar refractivity (Wildman–Crippen MR) is 122 cm³/mol. The number of likely N-dealkylation sites (tertiary alicyclic amines) is 1. The van der Waals surface area contributed by atoms with E-state index in [0.29, 0.717) is 28.4 Å². The van der Waals surface area contributed by atoms with E-state index in [1.807, 2.05) is 54.3 Å². The van der Waals surface area contributed by atoms with Crippen LogP contribution in [0, 0.1) is 0 Å². The highest BCUT2D eigenvalue weighted by atomic mass is 32.2. The number of methoxy groups -OCH3 is 1. The molecule has 1 aliphatic heterocycles. The van der Waals surface area contributed by atoms with E-state index in [9.17, 15) is 9.59 Å². The van der Waals surface area contributed by atoms with Crippen LogP contribution in [0.2, 0.25) is 0 Å². The van der Waals surface area contributed by atoms with Gasteiger partial charge in [0, 0.05) is 23.4 Å². The number of thioether (sulfide) groups is 1. The van der Waals surface area contributed by atoms with Crippen LogP contribution in [0.15, 0.2) is 57.8 Å². The molecule has 7 heteroatoms. The average molecular weight is 439 g/mol. The standard InChI is InChI=1S/C24H26N2O4S/c1-16(20-14-17-8-7-10-19(29-2)23(17)30-20)25-24(28)18-9-3-4-11-21(18)31-15-22(27)26-12-5-6-13-26/h3-4,7-11,14,16H,5-6,12-13,15H2,1-2H3,(H,25,28). The Kier molecular flexibility index (Phi) is 6.51. The van der Waals surface area contributed by atoms with Crippen molar-refractivity contribution in [2.24, 2.45) is 0 Å². The number of hydrogen-bond donors (Lipinski definition) is 1. The third-order valence-corrected chi connectivity index (χ3v) is 6.52. The Hall–Kier alpha value is -2.93. The summed E-state index contributed by atoms with van der Waals surface area (Å²) in [4.78, 5) is 28.1. The number of nitrogens with zero attached hydrogens (tertiary/aromatic N) is 1. The molecule has 2 amide bonds. The number of rotatable bonds is 7. The fraction of sp³-hybridized carbons (Fsp3) is 0.333. The number of carbonyl (C=O) groups is 2. The van der Waals surface area contributed by atoms with Gasteiger partial charge >= 0.3 is 0 Å². The third kappa shape index (κ3) is 4.71. The molecule has 0 saturated carbocycles. The summed E-state index contributed by atoms with van der Waals surface area (Å²) in [6, 6.07) is 14.7. The zero-order valence-corrected chi connectivity index (χ0v) is 18.5. The van der Waals surface area contributed by atoms with Gasteiger partial charge in [-0.05, 0) is 44.0 Å². The lowest BCUT2D eigenvalue weighted by molar-refractivity contribution is -0.127. The maximum atomic E-state index is 13.0.